The van der Waals surface area contributed by atoms with E-state index in [4.69, 9.17) is 9.47 Å². The van der Waals surface area contributed by atoms with Gasteiger partial charge in [-0.1, -0.05) is 77.6 Å². The molecule has 6 saturated carbocycles. The minimum Gasteiger partial charge on any atom is -0.481 e. The average molecular weight is 797 g/mol. The molecule has 9 rings (SSSR count). The highest BCUT2D eigenvalue weighted by atomic mass is 16.6. The Kier molecular flexibility index (Phi) is 10.0. The number of hydrogen-bond acceptors (Lipinski definition) is 5. The molecule has 0 amide bonds. The Morgan fingerprint density at radius 3 is 2.31 bits per heavy atom. The fourth-order valence-corrected chi connectivity index (χ4v) is 18.6. The fraction of sp³-hybridized carbons (Fsp3) is 0.827. The van der Waals surface area contributed by atoms with Gasteiger partial charge in [-0.05, 0) is 160 Å². The summed E-state index contributed by atoms with van der Waals surface area (Å²) in [7, 11) is 1.75. The van der Waals surface area contributed by atoms with E-state index in [1.165, 1.54) is 36.8 Å². The summed E-state index contributed by atoms with van der Waals surface area (Å²) in [6.07, 6.45) is 17.5. The Labute approximate surface area is 350 Å². The summed E-state index contributed by atoms with van der Waals surface area (Å²) >= 11 is 0. The molecule has 1 aromatic rings. The van der Waals surface area contributed by atoms with E-state index in [9.17, 15) is 20.1 Å². The van der Waals surface area contributed by atoms with E-state index >= 15 is 0 Å². The number of carboxylic acid groups (broad SMARTS) is 1. The van der Waals surface area contributed by atoms with Gasteiger partial charge in [0.25, 0.3) is 0 Å². The first-order valence-corrected chi connectivity index (χ1v) is 24.0. The lowest BCUT2D eigenvalue weighted by molar-refractivity contribution is -0.348. The highest BCUT2D eigenvalue weighted by Crippen LogP contribution is 2.88. The van der Waals surface area contributed by atoms with Gasteiger partial charge in [-0.2, -0.15) is 0 Å². The molecular weight excluding hydrogens is 721 g/mol. The Morgan fingerprint density at radius 2 is 1.60 bits per heavy atom. The number of methoxy groups -OCH3 is 1. The molecule has 58 heavy (non-hydrogen) atoms. The van der Waals surface area contributed by atoms with E-state index < -0.39 is 23.3 Å². The Hall–Kier alpha value is -1.91. The normalized spacial score (nSPS) is 51.1. The lowest BCUT2D eigenvalue weighted by Gasteiger charge is -2.82. The third-order valence-electron chi connectivity index (χ3n) is 20.8. The Bertz CT molecular complexity index is 1810. The van der Waals surface area contributed by atoms with Crippen LogP contribution < -0.4 is 0 Å². The SMILES string of the molecule is CCCC1CC#CC23CCC45C(Cc6ccc(CCOC)cc6)OC(O)(CC(O)C4C2(C)CC2CCC4C6C(C)(CCC4(C)C(=O)O)CCC3(C)C26CC1)C5CCC. The van der Waals surface area contributed by atoms with Crippen LogP contribution in [0.1, 0.15) is 162 Å². The third kappa shape index (κ3) is 5.21. The van der Waals surface area contributed by atoms with Crippen molar-refractivity contribution in [1.82, 2.24) is 0 Å². The summed E-state index contributed by atoms with van der Waals surface area (Å²) in [5.74, 6) is 7.85. The number of hydrogen-bond donors (Lipinski definition) is 3. The van der Waals surface area contributed by atoms with Crippen LogP contribution in [0.3, 0.4) is 0 Å². The van der Waals surface area contributed by atoms with Crippen LogP contribution >= 0.6 is 0 Å². The predicted octanol–water partition coefficient (Wildman–Crippen LogP) is 10.4. The van der Waals surface area contributed by atoms with Crippen LogP contribution in [0.5, 0.6) is 0 Å². The molecule has 0 radical (unpaired) electrons. The summed E-state index contributed by atoms with van der Waals surface area (Å²) in [6, 6.07) is 8.96. The van der Waals surface area contributed by atoms with Gasteiger partial charge in [0.05, 0.1) is 24.2 Å². The van der Waals surface area contributed by atoms with E-state index in [0.717, 1.165) is 89.9 Å². The van der Waals surface area contributed by atoms with Crippen molar-refractivity contribution in [3.8, 4) is 11.8 Å². The number of ether oxygens (including phenoxy) is 2. The Balaban J connectivity index is 1.22. The fourth-order valence-electron chi connectivity index (χ4n) is 18.6. The van der Waals surface area contributed by atoms with E-state index in [1.807, 2.05) is 0 Å². The maximum Gasteiger partial charge on any atom is 0.309 e. The molecule has 16 unspecified atom stereocenters. The van der Waals surface area contributed by atoms with Gasteiger partial charge in [-0.3, -0.25) is 4.79 Å². The maximum absolute atomic E-state index is 13.5. The van der Waals surface area contributed by atoms with Gasteiger partial charge in [0.1, 0.15) is 0 Å². The van der Waals surface area contributed by atoms with E-state index in [2.05, 4.69) is 77.6 Å². The van der Waals surface area contributed by atoms with Gasteiger partial charge in [0.15, 0.2) is 5.79 Å². The zero-order valence-corrected chi connectivity index (χ0v) is 37.1. The minimum absolute atomic E-state index is 0.00557. The molecule has 1 aromatic carbocycles. The molecule has 7 fully saturated rings. The van der Waals surface area contributed by atoms with Crippen molar-refractivity contribution >= 4 is 5.97 Å². The number of carbonyl (C=O) groups is 1. The zero-order valence-electron chi connectivity index (χ0n) is 37.1. The topological polar surface area (TPSA) is 96.2 Å². The van der Waals surface area contributed by atoms with Gasteiger partial charge in [-0.25, -0.2) is 0 Å². The molecule has 6 nitrogen and oxygen atoms in total. The summed E-state index contributed by atoms with van der Waals surface area (Å²) in [4.78, 5) is 13.5. The molecule has 1 saturated heterocycles. The minimum atomic E-state index is -1.34. The van der Waals surface area contributed by atoms with Crippen LogP contribution in [0.4, 0.5) is 0 Å². The number of aliphatic hydroxyl groups is 2. The predicted molar refractivity (Wildman–Crippen MR) is 227 cm³/mol. The van der Waals surface area contributed by atoms with Gasteiger partial charge in [-0.15, -0.1) is 5.92 Å². The van der Waals surface area contributed by atoms with Crippen molar-refractivity contribution in [2.45, 2.75) is 182 Å². The average Bonchev–Trinajstić information content (AvgIpc) is 3.34. The first-order chi connectivity index (χ1) is 27.6. The summed E-state index contributed by atoms with van der Waals surface area (Å²) in [5, 5.41) is 36.7. The van der Waals surface area contributed by atoms with E-state index in [0.29, 0.717) is 24.4 Å². The van der Waals surface area contributed by atoms with Gasteiger partial charge in [0.2, 0.25) is 0 Å². The quantitative estimate of drug-likeness (QED) is 0.204. The molecule has 7 aliphatic carbocycles. The van der Waals surface area contributed by atoms with E-state index in [1.54, 1.807) is 7.11 Å². The Morgan fingerprint density at radius 1 is 0.879 bits per heavy atom. The molecule has 1 aliphatic heterocycles. The van der Waals surface area contributed by atoms with Crippen molar-refractivity contribution in [3.63, 3.8) is 0 Å². The largest absolute Gasteiger partial charge is 0.481 e. The number of fused-ring (bicyclic) bond motifs is 2. The standard InChI is InChI=1S/C52H76O6/c1-8-11-34-13-10-22-49-28-29-50-40(12-9-2)52(56,58-41(50)31-36-16-14-35(15-17-36)21-30-57-7)33-39(53)43(50)47(49,5)32-37-18-19-38-42-45(3,24-26-46(38,4)44(54)55)25-27-48(49,6)51(37,42)23-20-34/h14-17,34,37-43,53,56H,8-9,11-13,18-21,23-33H2,1-7H3,(H,54,55). The summed E-state index contributed by atoms with van der Waals surface area (Å²) in [5.41, 5.74) is 0.753. The van der Waals surface area contributed by atoms with Crippen molar-refractivity contribution in [2.75, 3.05) is 13.7 Å². The van der Waals surface area contributed by atoms with Gasteiger partial charge >= 0.3 is 5.97 Å². The van der Waals surface area contributed by atoms with Crippen molar-refractivity contribution < 1.29 is 29.6 Å². The van der Waals surface area contributed by atoms with Crippen molar-refractivity contribution in [1.29, 1.82) is 0 Å². The molecule has 320 valence electrons. The highest BCUT2D eigenvalue weighted by molar-refractivity contribution is 5.75. The number of aliphatic carboxylic acids is 1. The molecule has 4 bridgehead atoms. The number of aliphatic hydroxyl groups excluding tert-OH is 1. The second-order valence-electron chi connectivity index (χ2n) is 22.8. The lowest BCUT2D eigenvalue weighted by atomic mass is 9.21. The first-order valence-electron chi connectivity index (χ1n) is 24.0. The molecule has 8 aliphatic rings. The molecule has 6 heteroatoms. The zero-order chi connectivity index (χ0) is 41.1. The maximum atomic E-state index is 13.5. The number of carboxylic acids is 1. The van der Waals surface area contributed by atoms with Crippen molar-refractivity contribution in [2.24, 2.45) is 73.4 Å². The molecule has 3 N–H and O–H groups in total. The summed E-state index contributed by atoms with van der Waals surface area (Å²) in [6.45, 7) is 15.2. The smallest absolute Gasteiger partial charge is 0.309 e. The second kappa shape index (κ2) is 14.1. The first kappa shape index (κ1) is 41.4. The van der Waals surface area contributed by atoms with Crippen LogP contribution in [0.2, 0.25) is 0 Å². The number of rotatable bonds is 10. The van der Waals surface area contributed by atoms with Crippen LogP contribution in [0.25, 0.3) is 0 Å². The van der Waals surface area contributed by atoms with E-state index in [-0.39, 0.29) is 62.8 Å². The van der Waals surface area contributed by atoms with Crippen molar-refractivity contribution in [3.05, 3.63) is 35.4 Å². The second-order valence-corrected chi connectivity index (χ2v) is 22.8. The van der Waals surface area contributed by atoms with Gasteiger partial charge in [0, 0.05) is 42.6 Å². The monoisotopic (exact) mass is 797 g/mol. The highest BCUT2D eigenvalue weighted by Gasteiger charge is 2.85. The molecule has 3 spiro atoms. The van der Waals surface area contributed by atoms with Crippen LogP contribution in [-0.2, 0) is 27.1 Å². The van der Waals surface area contributed by atoms with Crippen LogP contribution in [0.15, 0.2) is 24.3 Å². The lowest BCUT2D eigenvalue weighted by Crippen LogP contribution is -2.79. The molecule has 16 atom stereocenters. The molecular formula is C52H76O6. The van der Waals surface area contributed by atoms with Crippen LogP contribution in [-0.4, -0.2) is 53.0 Å². The summed E-state index contributed by atoms with van der Waals surface area (Å²) < 4.78 is 12.5. The molecule has 1 heterocycles. The number of benzene rings is 1. The van der Waals surface area contributed by atoms with Crippen LogP contribution in [0, 0.1) is 85.3 Å². The molecule has 0 aromatic heterocycles. The van der Waals surface area contributed by atoms with Gasteiger partial charge < -0.3 is 24.8 Å². The third-order valence-corrected chi connectivity index (χ3v) is 20.8.